The number of thiol groups is 1. The van der Waals surface area contributed by atoms with Gasteiger partial charge in [0.25, 0.3) is 0 Å². The molecular formula is C13H17BrO4S. The molecule has 0 aliphatic carbocycles. The van der Waals surface area contributed by atoms with Crippen molar-refractivity contribution >= 4 is 34.5 Å². The molecule has 0 fully saturated rings. The number of carbonyl (C=O) groups is 1. The van der Waals surface area contributed by atoms with Gasteiger partial charge < -0.3 is 14.6 Å². The van der Waals surface area contributed by atoms with E-state index in [1.807, 2.05) is 24.3 Å². The van der Waals surface area contributed by atoms with E-state index in [-0.39, 0.29) is 12.4 Å². The molecule has 0 amide bonds. The Hall–Kier alpha value is -0.560. The lowest BCUT2D eigenvalue weighted by molar-refractivity contribution is -0.152. The second kappa shape index (κ2) is 8.58. The number of hydrogen-bond donors (Lipinski definition) is 2. The van der Waals surface area contributed by atoms with Gasteiger partial charge in [-0.15, -0.1) is 0 Å². The normalized spacial score (nSPS) is 13.9. The molecule has 0 bridgehead atoms. The summed E-state index contributed by atoms with van der Waals surface area (Å²) in [6.07, 6.45) is -1.53. The summed E-state index contributed by atoms with van der Waals surface area (Å²) < 4.78 is 11.3. The van der Waals surface area contributed by atoms with Crippen molar-refractivity contribution in [2.75, 3.05) is 12.4 Å². The molecule has 0 saturated heterocycles. The number of benzene rings is 1. The highest BCUT2D eigenvalue weighted by atomic mass is 79.9. The number of aliphatic hydroxyl groups excluding tert-OH is 1. The quantitative estimate of drug-likeness (QED) is 0.585. The number of halogens is 1. The molecule has 0 aromatic heterocycles. The van der Waals surface area contributed by atoms with E-state index >= 15 is 0 Å². The molecule has 1 aromatic rings. The molecule has 6 heteroatoms. The predicted octanol–water partition coefficient (Wildman–Crippen LogP) is 2.19. The molecule has 1 N–H and O–H groups in total. The highest BCUT2D eigenvalue weighted by Gasteiger charge is 2.20. The van der Waals surface area contributed by atoms with Crippen LogP contribution in [-0.4, -0.2) is 35.6 Å². The number of esters is 1. The molecule has 1 rings (SSSR count). The van der Waals surface area contributed by atoms with Gasteiger partial charge in [-0.25, -0.2) is 0 Å². The summed E-state index contributed by atoms with van der Waals surface area (Å²) in [4.78, 5) is 10.8. The number of rotatable bonds is 7. The minimum atomic E-state index is -0.878. The second-order valence-corrected chi connectivity index (χ2v) is 5.32. The number of ether oxygens (including phenoxy) is 2. The van der Waals surface area contributed by atoms with Crippen molar-refractivity contribution in [2.45, 2.75) is 25.7 Å². The molecule has 0 heterocycles. The maximum absolute atomic E-state index is 10.8. The van der Waals surface area contributed by atoms with E-state index in [9.17, 15) is 9.90 Å². The highest BCUT2D eigenvalue weighted by Crippen LogP contribution is 2.11. The zero-order valence-corrected chi connectivity index (χ0v) is 13.1. The fourth-order valence-corrected chi connectivity index (χ4v) is 2.02. The van der Waals surface area contributed by atoms with Crippen LogP contribution in [0.3, 0.4) is 0 Å². The first kappa shape index (κ1) is 16.5. The fraction of sp³-hybridized carbons (Fsp3) is 0.462. The number of hydrogen-bond acceptors (Lipinski definition) is 5. The third-order valence-corrected chi connectivity index (χ3v) is 3.29. The highest BCUT2D eigenvalue weighted by molar-refractivity contribution is 9.10. The Balaban J connectivity index is 2.34. The van der Waals surface area contributed by atoms with Gasteiger partial charge in [0.15, 0.2) is 0 Å². The Labute approximate surface area is 126 Å². The summed E-state index contributed by atoms with van der Waals surface area (Å²) >= 11 is 7.39. The van der Waals surface area contributed by atoms with Gasteiger partial charge >= 0.3 is 5.97 Å². The lowest BCUT2D eigenvalue weighted by atomic mass is 10.2. The molecule has 0 spiro atoms. The molecule has 4 nitrogen and oxygen atoms in total. The maximum Gasteiger partial charge on any atom is 0.303 e. The third kappa shape index (κ3) is 6.42. The van der Waals surface area contributed by atoms with E-state index in [0.29, 0.717) is 6.61 Å². The largest absolute Gasteiger partial charge is 0.459 e. The van der Waals surface area contributed by atoms with E-state index in [1.165, 1.54) is 6.92 Å². The van der Waals surface area contributed by atoms with Crippen molar-refractivity contribution in [1.82, 2.24) is 0 Å². The minimum absolute atomic E-state index is 0.0918. The standard InChI is InChI=1S/C13H17BrO4S/c1-9(15)18-13(8-19)12(16)7-17-6-10-2-4-11(14)5-3-10/h2-5,12-13,16,19H,6-8H2,1H3/t12-,13-/m1/s1. The lowest BCUT2D eigenvalue weighted by Crippen LogP contribution is -2.35. The number of aliphatic hydroxyl groups is 1. The summed E-state index contributed by atoms with van der Waals surface area (Å²) in [6, 6.07) is 7.70. The third-order valence-electron chi connectivity index (χ3n) is 2.40. The van der Waals surface area contributed by atoms with Crippen LogP contribution in [-0.2, 0) is 20.9 Å². The molecule has 0 radical (unpaired) electrons. The summed E-state index contributed by atoms with van der Waals surface area (Å²) in [6.45, 7) is 1.78. The first-order chi connectivity index (χ1) is 9.02. The van der Waals surface area contributed by atoms with Gasteiger partial charge in [0.05, 0.1) is 13.2 Å². The van der Waals surface area contributed by atoms with Crippen molar-refractivity contribution in [1.29, 1.82) is 0 Å². The molecule has 0 unspecified atom stereocenters. The van der Waals surface area contributed by atoms with Crippen LogP contribution in [0.25, 0.3) is 0 Å². The SMILES string of the molecule is CC(=O)O[C@H](CS)[C@H](O)COCc1ccc(Br)cc1. The van der Waals surface area contributed by atoms with E-state index < -0.39 is 18.2 Å². The van der Waals surface area contributed by atoms with Crippen LogP contribution in [0.5, 0.6) is 0 Å². The van der Waals surface area contributed by atoms with Crippen LogP contribution in [0.15, 0.2) is 28.7 Å². The van der Waals surface area contributed by atoms with Gasteiger partial charge in [0.2, 0.25) is 0 Å². The first-order valence-electron chi connectivity index (χ1n) is 5.81. The van der Waals surface area contributed by atoms with Gasteiger partial charge in [-0.2, -0.15) is 12.6 Å². The van der Waals surface area contributed by atoms with Gasteiger partial charge in [-0.3, -0.25) is 4.79 Å². The van der Waals surface area contributed by atoms with Gasteiger partial charge in [0.1, 0.15) is 12.2 Å². The van der Waals surface area contributed by atoms with E-state index in [1.54, 1.807) is 0 Å². The topological polar surface area (TPSA) is 55.8 Å². The first-order valence-corrected chi connectivity index (χ1v) is 7.23. The van der Waals surface area contributed by atoms with Crippen LogP contribution in [0.4, 0.5) is 0 Å². The molecule has 0 aliphatic rings. The van der Waals surface area contributed by atoms with E-state index in [2.05, 4.69) is 28.6 Å². The summed E-state index contributed by atoms with van der Waals surface area (Å²) in [5, 5.41) is 9.82. The van der Waals surface area contributed by atoms with Crippen molar-refractivity contribution in [2.24, 2.45) is 0 Å². The fourth-order valence-electron chi connectivity index (χ4n) is 1.44. The van der Waals surface area contributed by atoms with Gasteiger partial charge in [-0.1, -0.05) is 28.1 Å². The Morgan fingerprint density at radius 1 is 1.42 bits per heavy atom. The minimum Gasteiger partial charge on any atom is -0.459 e. The lowest BCUT2D eigenvalue weighted by Gasteiger charge is -2.20. The number of carbonyl (C=O) groups excluding carboxylic acids is 1. The van der Waals surface area contributed by atoms with Crippen molar-refractivity contribution in [3.63, 3.8) is 0 Å². The Bertz CT molecular complexity index is 396. The van der Waals surface area contributed by atoms with Crippen LogP contribution >= 0.6 is 28.6 Å². The molecule has 1 aromatic carbocycles. The van der Waals surface area contributed by atoms with Crippen LogP contribution in [0.1, 0.15) is 12.5 Å². The zero-order valence-electron chi connectivity index (χ0n) is 10.6. The molecule has 106 valence electrons. The molecule has 0 aliphatic heterocycles. The van der Waals surface area contributed by atoms with Crippen molar-refractivity contribution in [3.05, 3.63) is 34.3 Å². The van der Waals surface area contributed by atoms with Crippen molar-refractivity contribution in [3.8, 4) is 0 Å². The van der Waals surface area contributed by atoms with Crippen LogP contribution in [0, 0.1) is 0 Å². The molecule has 2 atom stereocenters. The smallest absolute Gasteiger partial charge is 0.303 e. The summed E-state index contributed by atoms with van der Waals surface area (Å²) in [5.41, 5.74) is 1.00. The maximum atomic E-state index is 10.8. The Kier molecular flexibility index (Phi) is 7.45. The monoisotopic (exact) mass is 348 g/mol. The Morgan fingerprint density at radius 3 is 2.58 bits per heavy atom. The average Bonchev–Trinajstić information content (AvgIpc) is 2.38. The van der Waals surface area contributed by atoms with Crippen LogP contribution < -0.4 is 0 Å². The average molecular weight is 349 g/mol. The summed E-state index contributed by atoms with van der Waals surface area (Å²) in [5.74, 6) is -0.187. The summed E-state index contributed by atoms with van der Waals surface area (Å²) in [7, 11) is 0. The second-order valence-electron chi connectivity index (χ2n) is 4.04. The zero-order chi connectivity index (χ0) is 14.3. The van der Waals surface area contributed by atoms with E-state index in [0.717, 1.165) is 10.0 Å². The van der Waals surface area contributed by atoms with Crippen LogP contribution in [0.2, 0.25) is 0 Å². The van der Waals surface area contributed by atoms with Gasteiger partial charge in [0, 0.05) is 17.1 Å². The Morgan fingerprint density at radius 2 is 2.05 bits per heavy atom. The molecule has 19 heavy (non-hydrogen) atoms. The molecular weight excluding hydrogens is 332 g/mol. The van der Waals surface area contributed by atoms with Crippen molar-refractivity contribution < 1.29 is 19.4 Å². The van der Waals surface area contributed by atoms with E-state index in [4.69, 9.17) is 9.47 Å². The van der Waals surface area contributed by atoms with Gasteiger partial charge in [-0.05, 0) is 17.7 Å². The molecule has 0 saturated carbocycles. The predicted molar refractivity (Wildman–Crippen MR) is 79.2 cm³/mol.